The van der Waals surface area contributed by atoms with Crippen LogP contribution in [0.2, 0.25) is 0 Å². The fourth-order valence-electron chi connectivity index (χ4n) is 0.727. The van der Waals surface area contributed by atoms with E-state index < -0.39 is 0 Å². The third kappa shape index (κ3) is 4.50. The highest BCUT2D eigenvalue weighted by molar-refractivity contribution is 5.86. The molecular weight excluding hydrogens is 150 g/mol. The van der Waals surface area contributed by atoms with E-state index in [2.05, 4.69) is 13.2 Å². The van der Waals surface area contributed by atoms with E-state index >= 15 is 0 Å². The minimum atomic E-state index is -0.0398. The Hall–Kier alpha value is -1.31. The molecular formula is C10H15NO. The lowest BCUT2D eigenvalue weighted by atomic mass is 10.3. The van der Waals surface area contributed by atoms with Crippen LogP contribution in [0, 0.1) is 0 Å². The van der Waals surface area contributed by atoms with Gasteiger partial charge < -0.3 is 4.90 Å². The van der Waals surface area contributed by atoms with E-state index in [1.54, 1.807) is 18.0 Å². The van der Waals surface area contributed by atoms with Gasteiger partial charge in [0.1, 0.15) is 0 Å². The lowest BCUT2D eigenvalue weighted by Gasteiger charge is -2.12. The Morgan fingerprint density at radius 3 is 2.67 bits per heavy atom. The topological polar surface area (TPSA) is 20.3 Å². The number of likely N-dealkylation sites (N-methyl/N-ethyl adjacent to an activating group) is 1. The van der Waals surface area contributed by atoms with Gasteiger partial charge >= 0.3 is 0 Å². The lowest BCUT2D eigenvalue weighted by Crippen LogP contribution is -2.25. The van der Waals surface area contributed by atoms with Gasteiger partial charge in [-0.2, -0.15) is 0 Å². The van der Waals surface area contributed by atoms with Crippen molar-refractivity contribution in [2.75, 3.05) is 13.6 Å². The van der Waals surface area contributed by atoms with Gasteiger partial charge in [0.05, 0.1) is 0 Å². The van der Waals surface area contributed by atoms with E-state index in [1.165, 1.54) is 6.08 Å². The fraction of sp³-hybridized carbons (Fsp3) is 0.300. The average molecular weight is 165 g/mol. The molecule has 0 aliphatic rings. The number of amides is 1. The van der Waals surface area contributed by atoms with Crippen LogP contribution in [-0.4, -0.2) is 24.4 Å². The second kappa shape index (κ2) is 6.40. The molecule has 0 radical (unpaired) electrons. The maximum absolute atomic E-state index is 10.9. The molecule has 2 heteroatoms. The van der Waals surface area contributed by atoms with Crippen molar-refractivity contribution in [2.45, 2.75) is 6.42 Å². The molecule has 12 heavy (non-hydrogen) atoms. The lowest BCUT2D eigenvalue weighted by molar-refractivity contribution is -0.124. The summed E-state index contributed by atoms with van der Waals surface area (Å²) in [6, 6.07) is 0. The zero-order valence-corrected chi connectivity index (χ0v) is 7.49. The molecule has 1 amide bonds. The minimum absolute atomic E-state index is 0.0398. The number of hydrogen-bond donors (Lipinski definition) is 0. The van der Waals surface area contributed by atoms with Gasteiger partial charge in [-0.25, -0.2) is 0 Å². The molecule has 0 aromatic carbocycles. The summed E-state index contributed by atoms with van der Waals surface area (Å²) >= 11 is 0. The molecule has 0 unspecified atom stereocenters. The SMILES string of the molecule is C=C/C=C/CCN(C)C(=O)C=C. The Labute approximate surface area is 73.9 Å². The molecule has 0 aliphatic heterocycles. The van der Waals surface area contributed by atoms with Gasteiger partial charge in [0.25, 0.3) is 0 Å². The normalized spacial score (nSPS) is 9.75. The Bertz CT molecular complexity index is 194. The van der Waals surface area contributed by atoms with Gasteiger partial charge in [0, 0.05) is 13.6 Å². The Morgan fingerprint density at radius 2 is 2.17 bits per heavy atom. The van der Waals surface area contributed by atoms with Crippen LogP contribution in [-0.2, 0) is 4.79 Å². The molecule has 0 bridgehead atoms. The molecule has 0 aromatic heterocycles. The van der Waals surface area contributed by atoms with E-state index in [9.17, 15) is 4.79 Å². The Morgan fingerprint density at radius 1 is 1.50 bits per heavy atom. The number of hydrogen-bond acceptors (Lipinski definition) is 1. The molecule has 0 saturated heterocycles. The second-order valence-corrected chi connectivity index (χ2v) is 2.42. The van der Waals surface area contributed by atoms with E-state index in [-0.39, 0.29) is 5.91 Å². The first-order valence-corrected chi connectivity index (χ1v) is 3.87. The first kappa shape index (κ1) is 10.7. The van der Waals surface area contributed by atoms with Crippen LogP contribution in [0.4, 0.5) is 0 Å². The predicted octanol–water partition coefficient (Wildman–Crippen LogP) is 1.76. The van der Waals surface area contributed by atoms with Crippen molar-refractivity contribution in [3.05, 3.63) is 37.5 Å². The van der Waals surface area contributed by atoms with Crippen LogP contribution in [0.15, 0.2) is 37.5 Å². The summed E-state index contributed by atoms with van der Waals surface area (Å²) in [6.07, 6.45) is 7.72. The van der Waals surface area contributed by atoms with E-state index in [0.717, 1.165) is 13.0 Å². The third-order valence-electron chi connectivity index (χ3n) is 1.45. The highest BCUT2D eigenvalue weighted by Gasteiger charge is 2.00. The monoisotopic (exact) mass is 165 g/mol. The molecule has 0 spiro atoms. The van der Waals surface area contributed by atoms with Crippen LogP contribution in [0.25, 0.3) is 0 Å². The maximum Gasteiger partial charge on any atom is 0.245 e. The van der Waals surface area contributed by atoms with Crippen molar-refractivity contribution in [2.24, 2.45) is 0 Å². The fourth-order valence-corrected chi connectivity index (χ4v) is 0.727. The van der Waals surface area contributed by atoms with Crippen molar-refractivity contribution >= 4 is 5.91 Å². The van der Waals surface area contributed by atoms with E-state index in [1.807, 2.05) is 12.2 Å². The third-order valence-corrected chi connectivity index (χ3v) is 1.45. The molecule has 0 N–H and O–H groups in total. The van der Waals surface area contributed by atoms with Gasteiger partial charge in [-0.05, 0) is 12.5 Å². The summed E-state index contributed by atoms with van der Waals surface area (Å²) in [5.41, 5.74) is 0. The second-order valence-electron chi connectivity index (χ2n) is 2.42. The van der Waals surface area contributed by atoms with Crippen molar-refractivity contribution < 1.29 is 4.79 Å². The van der Waals surface area contributed by atoms with Crippen LogP contribution in [0.5, 0.6) is 0 Å². The molecule has 0 fully saturated rings. The molecule has 2 nitrogen and oxygen atoms in total. The van der Waals surface area contributed by atoms with E-state index in [0.29, 0.717) is 0 Å². The summed E-state index contributed by atoms with van der Waals surface area (Å²) in [6.45, 7) is 7.66. The summed E-state index contributed by atoms with van der Waals surface area (Å²) in [5, 5.41) is 0. The number of allylic oxidation sites excluding steroid dienone is 2. The molecule has 0 atom stereocenters. The molecule has 0 aliphatic carbocycles. The number of carbonyl (C=O) groups is 1. The number of nitrogens with zero attached hydrogens (tertiary/aromatic N) is 1. The van der Waals surface area contributed by atoms with Gasteiger partial charge in [0.15, 0.2) is 0 Å². The van der Waals surface area contributed by atoms with Crippen LogP contribution in [0.3, 0.4) is 0 Å². The van der Waals surface area contributed by atoms with Crippen LogP contribution < -0.4 is 0 Å². The van der Waals surface area contributed by atoms with Crippen LogP contribution in [0.1, 0.15) is 6.42 Å². The van der Waals surface area contributed by atoms with Gasteiger partial charge in [-0.1, -0.05) is 31.4 Å². The molecule has 0 heterocycles. The Kier molecular flexibility index (Phi) is 5.70. The molecule has 0 aromatic rings. The largest absolute Gasteiger partial charge is 0.342 e. The first-order chi connectivity index (χ1) is 5.72. The summed E-state index contributed by atoms with van der Waals surface area (Å²) in [5.74, 6) is -0.0398. The summed E-state index contributed by atoms with van der Waals surface area (Å²) in [7, 11) is 1.76. The van der Waals surface area contributed by atoms with Crippen molar-refractivity contribution in [3.63, 3.8) is 0 Å². The van der Waals surface area contributed by atoms with Crippen molar-refractivity contribution in [3.8, 4) is 0 Å². The highest BCUT2D eigenvalue weighted by Crippen LogP contribution is 1.90. The number of carbonyl (C=O) groups excluding carboxylic acids is 1. The molecule has 0 rings (SSSR count). The first-order valence-electron chi connectivity index (χ1n) is 3.87. The van der Waals surface area contributed by atoms with Crippen LogP contribution >= 0.6 is 0 Å². The zero-order chi connectivity index (χ0) is 9.40. The standard InChI is InChI=1S/C10H15NO/c1-4-6-7-8-9-11(3)10(12)5-2/h4-7H,1-2,8-9H2,3H3/b7-6+. The summed E-state index contributed by atoms with van der Waals surface area (Å²) < 4.78 is 0. The van der Waals surface area contributed by atoms with Crippen molar-refractivity contribution in [1.82, 2.24) is 4.90 Å². The van der Waals surface area contributed by atoms with Crippen molar-refractivity contribution in [1.29, 1.82) is 0 Å². The minimum Gasteiger partial charge on any atom is -0.342 e. The smallest absolute Gasteiger partial charge is 0.245 e. The number of rotatable bonds is 5. The predicted molar refractivity (Wildman–Crippen MR) is 51.8 cm³/mol. The zero-order valence-electron chi connectivity index (χ0n) is 7.49. The molecule has 0 saturated carbocycles. The Balaban J connectivity index is 3.63. The average Bonchev–Trinajstić information content (AvgIpc) is 2.10. The van der Waals surface area contributed by atoms with Gasteiger partial charge in [-0.15, -0.1) is 0 Å². The van der Waals surface area contributed by atoms with E-state index in [4.69, 9.17) is 0 Å². The summed E-state index contributed by atoms with van der Waals surface area (Å²) in [4.78, 5) is 12.6. The maximum atomic E-state index is 10.9. The quantitative estimate of drug-likeness (QED) is 0.449. The molecule has 66 valence electrons. The highest BCUT2D eigenvalue weighted by atomic mass is 16.2. The van der Waals surface area contributed by atoms with Gasteiger partial charge in [-0.3, -0.25) is 4.79 Å². The van der Waals surface area contributed by atoms with Gasteiger partial charge in [0.2, 0.25) is 5.91 Å².